The number of nitrogens with zero attached hydrogens (tertiary/aromatic N) is 2. The Kier molecular flexibility index (Phi) is 2.56. The zero-order valence-electron chi connectivity index (χ0n) is 6.81. The molecule has 0 aliphatic carbocycles. The number of nitrogens with two attached hydrogens (primary N) is 1. The minimum absolute atomic E-state index is 0.308. The molecule has 0 saturated heterocycles. The maximum absolute atomic E-state index is 5.81. The first-order valence-electron chi connectivity index (χ1n) is 3.38. The smallest absolute Gasteiger partial charge is 0.138 e. The Morgan fingerprint density at radius 3 is 1.92 bits per heavy atom. The van der Waals surface area contributed by atoms with Crippen molar-refractivity contribution in [2.45, 2.75) is 19.4 Å². The molecule has 0 fully saturated rings. The number of aromatic nitrogens is 2. The molecular formula is C7H9Cl2N3. The van der Waals surface area contributed by atoms with Gasteiger partial charge in [-0.05, 0) is 13.8 Å². The Balaban J connectivity index is 3.31. The largest absolute Gasteiger partial charge is 0.322 e. The van der Waals surface area contributed by atoms with Gasteiger partial charge in [-0.1, -0.05) is 23.2 Å². The third kappa shape index (κ3) is 1.86. The third-order valence-electron chi connectivity index (χ3n) is 1.40. The van der Waals surface area contributed by atoms with Gasteiger partial charge in [-0.25, -0.2) is 9.97 Å². The fraction of sp³-hybridized carbons (Fsp3) is 0.429. The highest BCUT2D eigenvalue weighted by molar-refractivity contribution is 6.34. The van der Waals surface area contributed by atoms with Crippen molar-refractivity contribution in [1.29, 1.82) is 0 Å². The van der Waals surface area contributed by atoms with E-state index < -0.39 is 5.54 Å². The summed E-state index contributed by atoms with van der Waals surface area (Å²) in [4.78, 5) is 7.59. The molecule has 0 aliphatic heterocycles. The van der Waals surface area contributed by atoms with Crippen LogP contribution in [-0.2, 0) is 5.54 Å². The van der Waals surface area contributed by atoms with Crippen LogP contribution in [0.25, 0.3) is 0 Å². The van der Waals surface area contributed by atoms with Gasteiger partial charge in [-0.2, -0.15) is 0 Å². The van der Waals surface area contributed by atoms with Crippen LogP contribution in [0.4, 0.5) is 0 Å². The van der Waals surface area contributed by atoms with Gasteiger partial charge in [0.25, 0.3) is 0 Å². The molecule has 0 aromatic carbocycles. The number of rotatable bonds is 1. The van der Waals surface area contributed by atoms with E-state index in [0.717, 1.165) is 0 Å². The van der Waals surface area contributed by atoms with Crippen molar-refractivity contribution in [2.75, 3.05) is 0 Å². The molecule has 1 aromatic rings. The molecule has 1 heterocycles. The van der Waals surface area contributed by atoms with Gasteiger partial charge in [-0.15, -0.1) is 0 Å². The first-order chi connectivity index (χ1) is 5.43. The van der Waals surface area contributed by atoms with Gasteiger partial charge in [0, 0.05) is 11.1 Å². The summed E-state index contributed by atoms with van der Waals surface area (Å²) in [6.45, 7) is 3.59. The highest BCUT2D eigenvalue weighted by Crippen LogP contribution is 2.28. The molecule has 12 heavy (non-hydrogen) atoms. The fourth-order valence-corrected chi connectivity index (χ4v) is 1.68. The van der Waals surface area contributed by atoms with Crippen molar-refractivity contribution in [3.8, 4) is 0 Å². The monoisotopic (exact) mass is 205 g/mol. The van der Waals surface area contributed by atoms with Gasteiger partial charge in [0.05, 0.1) is 0 Å². The summed E-state index contributed by atoms with van der Waals surface area (Å²) in [5.74, 6) is 0. The molecule has 0 aliphatic rings. The molecular weight excluding hydrogens is 197 g/mol. The lowest BCUT2D eigenvalue weighted by atomic mass is 9.99. The van der Waals surface area contributed by atoms with Crippen LogP contribution >= 0.6 is 23.2 Å². The van der Waals surface area contributed by atoms with E-state index in [1.807, 2.05) is 0 Å². The zero-order valence-corrected chi connectivity index (χ0v) is 8.32. The average molecular weight is 206 g/mol. The molecule has 0 bridgehead atoms. The highest BCUT2D eigenvalue weighted by Gasteiger charge is 2.22. The van der Waals surface area contributed by atoms with Crippen LogP contribution in [0, 0.1) is 0 Å². The Labute approximate surface area is 80.9 Å². The van der Waals surface area contributed by atoms with Crippen LogP contribution in [0.5, 0.6) is 0 Å². The van der Waals surface area contributed by atoms with Crippen LogP contribution < -0.4 is 5.73 Å². The van der Waals surface area contributed by atoms with Crippen LogP contribution in [0.3, 0.4) is 0 Å². The Bertz CT molecular complexity index is 273. The molecule has 0 radical (unpaired) electrons. The predicted molar refractivity (Wildman–Crippen MR) is 49.3 cm³/mol. The Hall–Kier alpha value is -0.380. The van der Waals surface area contributed by atoms with E-state index in [1.54, 1.807) is 13.8 Å². The minimum Gasteiger partial charge on any atom is -0.322 e. The molecule has 3 nitrogen and oxygen atoms in total. The van der Waals surface area contributed by atoms with E-state index in [4.69, 9.17) is 28.9 Å². The summed E-state index contributed by atoms with van der Waals surface area (Å²) < 4.78 is 0. The summed E-state index contributed by atoms with van der Waals surface area (Å²) in [6.07, 6.45) is 1.31. The van der Waals surface area contributed by atoms with Gasteiger partial charge < -0.3 is 5.73 Å². The highest BCUT2D eigenvalue weighted by atomic mass is 35.5. The summed E-state index contributed by atoms with van der Waals surface area (Å²) in [7, 11) is 0. The van der Waals surface area contributed by atoms with E-state index in [-0.39, 0.29) is 0 Å². The SMILES string of the molecule is CC(C)(N)c1c(Cl)ncnc1Cl. The zero-order chi connectivity index (χ0) is 9.35. The van der Waals surface area contributed by atoms with E-state index in [2.05, 4.69) is 9.97 Å². The summed E-state index contributed by atoms with van der Waals surface area (Å²) in [5, 5.41) is 0.616. The lowest BCUT2D eigenvalue weighted by Crippen LogP contribution is -2.30. The first kappa shape index (κ1) is 9.71. The Morgan fingerprint density at radius 1 is 1.25 bits per heavy atom. The van der Waals surface area contributed by atoms with Crippen molar-refractivity contribution in [1.82, 2.24) is 9.97 Å². The molecule has 0 amide bonds. The molecule has 0 saturated carbocycles. The molecule has 2 N–H and O–H groups in total. The second-order valence-corrected chi connectivity index (χ2v) is 3.77. The van der Waals surface area contributed by atoms with Gasteiger partial charge in [0.1, 0.15) is 16.6 Å². The Morgan fingerprint density at radius 2 is 1.67 bits per heavy atom. The van der Waals surface area contributed by atoms with E-state index in [9.17, 15) is 0 Å². The lowest BCUT2D eigenvalue weighted by Gasteiger charge is -2.20. The van der Waals surface area contributed by atoms with Crippen molar-refractivity contribution >= 4 is 23.2 Å². The average Bonchev–Trinajstić information content (AvgIpc) is 1.82. The predicted octanol–water partition coefficient (Wildman–Crippen LogP) is 1.98. The summed E-state index contributed by atoms with van der Waals surface area (Å²) >= 11 is 11.6. The summed E-state index contributed by atoms with van der Waals surface area (Å²) in [5.41, 5.74) is 5.77. The normalized spacial score (nSPS) is 11.8. The molecule has 0 spiro atoms. The van der Waals surface area contributed by atoms with E-state index in [1.165, 1.54) is 6.33 Å². The number of hydrogen-bond acceptors (Lipinski definition) is 3. The van der Waals surface area contributed by atoms with Gasteiger partial charge >= 0.3 is 0 Å². The minimum atomic E-state index is -0.616. The maximum atomic E-state index is 5.81. The van der Waals surface area contributed by atoms with Crippen molar-refractivity contribution in [2.24, 2.45) is 5.73 Å². The van der Waals surface area contributed by atoms with Crippen LogP contribution in [-0.4, -0.2) is 9.97 Å². The van der Waals surface area contributed by atoms with Gasteiger partial charge in [0.15, 0.2) is 0 Å². The maximum Gasteiger partial charge on any atom is 0.138 e. The standard InChI is InChI=1S/C7H9Cl2N3/c1-7(2,10)4-5(8)11-3-12-6(4)9/h3H,10H2,1-2H3. The van der Waals surface area contributed by atoms with Crippen LogP contribution in [0.2, 0.25) is 10.3 Å². The van der Waals surface area contributed by atoms with E-state index >= 15 is 0 Å². The molecule has 0 unspecified atom stereocenters. The lowest BCUT2D eigenvalue weighted by molar-refractivity contribution is 0.549. The molecule has 66 valence electrons. The van der Waals surface area contributed by atoms with E-state index in [0.29, 0.717) is 15.9 Å². The summed E-state index contributed by atoms with van der Waals surface area (Å²) in [6, 6.07) is 0. The van der Waals surface area contributed by atoms with Crippen molar-refractivity contribution in [3.05, 3.63) is 22.2 Å². The molecule has 1 rings (SSSR count). The van der Waals surface area contributed by atoms with Gasteiger partial charge in [-0.3, -0.25) is 0 Å². The third-order valence-corrected chi connectivity index (χ3v) is 1.97. The topological polar surface area (TPSA) is 51.8 Å². The van der Waals surface area contributed by atoms with Gasteiger partial charge in [0.2, 0.25) is 0 Å². The van der Waals surface area contributed by atoms with Crippen molar-refractivity contribution in [3.63, 3.8) is 0 Å². The van der Waals surface area contributed by atoms with Crippen LogP contribution in [0.1, 0.15) is 19.4 Å². The first-order valence-corrected chi connectivity index (χ1v) is 4.14. The molecule has 0 atom stereocenters. The molecule has 5 heteroatoms. The van der Waals surface area contributed by atoms with Crippen LogP contribution in [0.15, 0.2) is 6.33 Å². The second-order valence-electron chi connectivity index (χ2n) is 3.05. The second kappa shape index (κ2) is 3.17. The fourth-order valence-electron chi connectivity index (χ4n) is 0.876. The van der Waals surface area contributed by atoms with Crippen molar-refractivity contribution < 1.29 is 0 Å². The quantitative estimate of drug-likeness (QED) is 0.714. The molecule has 1 aromatic heterocycles. The number of halogens is 2. The number of hydrogen-bond donors (Lipinski definition) is 1.